The van der Waals surface area contributed by atoms with Gasteiger partial charge in [-0.1, -0.05) is 46.0 Å². The molecule has 1 aromatic carbocycles. The second kappa shape index (κ2) is 7.57. The van der Waals surface area contributed by atoms with Gasteiger partial charge < -0.3 is 5.11 Å². The van der Waals surface area contributed by atoms with Crippen molar-refractivity contribution >= 4 is 16.1 Å². The summed E-state index contributed by atoms with van der Waals surface area (Å²) in [5.41, 5.74) is 2.54. The van der Waals surface area contributed by atoms with E-state index in [1.54, 1.807) is 6.08 Å². The summed E-state index contributed by atoms with van der Waals surface area (Å²) in [6.07, 6.45) is 3.56. The average molecular weight is 396 g/mol. The van der Waals surface area contributed by atoms with Gasteiger partial charge in [0.2, 0.25) is 0 Å². The monoisotopic (exact) mass is 395 g/mol. The molecule has 0 amide bonds. The molecule has 6 heteroatoms. The van der Waals surface area contributed by atoms with Crippen LogP contribution < -0.4 is 0 Å². The van der Waals surface area contributed by atoms with Gasteiger partial charge in [0, 0.05) is 13.0 Å². The number of benzene rings is 1. The molecule has 0 bridgehead atoms. The second-order valence-corrected chi connectivity index (χ2v) is 11.6. The average Bonchev–Trinajstić information content (AvgIpc) is 2.75. The third-order valence-electron chi connectivity index (χ3n) is 4.40. The van der Waals surface area contributed by atoms with E-state index in [1.165, 1.54) is 7.11 Å². The standard InChI is InChI=1S/C21H33NO4S/c1-20(2,3)13-16-10-15(11-17(19(16)23)14-21(4,5)6)12-18-8-9-22(26-7)27(18,24)25/h10-12,23H,8-9,13-14H2,1-7H3/b18-12-. The van der Waals surface area contributed by atoms with Crippen LogP contribution in [0.3, 0.4) is 0 Å². The van der Waals surface area contributed by atoms with E-state index in [1.807, 2.05) is 12.1 Å². The molecule has 1 N–H and O–H groups in total. The number of hydrogen-bond acceptors (Lipinski definition) is 4. The van der Waals surface area contributed by atoms with Gasteiger partial charge in [-0.05, 0) is 58.6 Å². The number of hydroxylamine groups is 1. The molecule has 27 heavy (non-hydrogen) atoms. The molecule has 2 rings (SSSR count). The van der Waals surface area contributed by atoms with E-state index in [9.17, 15) is 13.5 Å². The van der Waals surface area contributed by atoms with Crippen molar-refractivity contribution in [2.75, 3.05) is 13.7 Å². The molecule has 1 aliphatic heterocycles. The zero-order chi connectivity index (χ0) is 20.6. The second-order valence-electron chi connectivity index (χ2n) is 9.74. The van der Waals surface area contributed by atoms with Crippen molar-refractivity contribution in [3.8, 4) is 5.75 Å². The van der Waals surface area contributed by atoms with Crippen molar-refractivity contribution in [2.45, 2.75) is 60.8 Å². The molecule has 0 unspecified atom stereocenters. The summed E-state index contributed by atoms with van der Waals surface area (Å²) < 4.78 is 26.0. The first-order chi connectivity index (χ1) is 12.2. The Morgan fingerprint density at radius 1 is 1.07 bits per heavy atom. The fourth-order valence-corrected chi connectivity index (χ4v) is 4.81. The molecule has 0 radical (unpaired) electrons. The maximum Gasteiger partial charge on any atom is 0.261 e. The highest BCUT2D eigenvalue weighted by Crippen LogP contribution is 2.36. The maximum absolute atomic E-state index is 12.5. The topological polar surface area (TPSA) is 66.8 Å². The quantitative estimate of drug-likeness (QED) is 0.815. The van der Waals surface area contributed by atoms with Gasteiger partial charge >= 0.3 is 0 Å². The lowest BCUT2D eigenvalue weighted by Crippen LogP contribution is -2.23. The van der Waals surface area contributed by atoms with Crippen LogP contribution in [0.1, 0.15) is 64.7 Å². The lowest BCUT2D eigenvalue weighted by molar-refractivity contribution is -0.0404. The molecular weight excluding hydrogens is 362 g/mol. The highest BCUT2D eigenvalue weighted by molar-refractivity contribution is 7.93. The Kier molecular flexibility index (Phi) is 6.15. The van der Waals surface area contributed by atoms with Crippen molar-refractivity contribution in [3.63, 3.8) is 0 Å². The van der Waals surface area contributed by atoms with Crippen LogP contribution in [0.4, 0.5) is 0 Å². The Morgan fingerprint density at radius 3 is 1.93 bits per heavy atom. The molecule has 0 aromatic heterocycles. The van der Waals surface area contributed by atoms with Crippen LogP contribution in [0.5, 0.6) is 5.75 Å². The van der Waals surface area contributed by atoms with E-state index in [0.717, 1.165) is 21.2 Å². The smallest absolute Gasteiger partial charge is 0.261 e. The number of nitrogens with zero attached hydrogens (tertiary/aromatic N) is 1. The summed E-state index contributed by atoms with van der Waals surface area (Å²) in [4.78, 5) is 5.30. The molecule has 5 nitrogen and oxygen atoms in total. The Hall–Kier alpha value is -1.37. The summed E-state index contributed by atoms with van der Waals surface area (Å²) in [5.74, 6) is 0.329. The molecule has 0 atom stereocenters. The third-order valence-corrected chi connectivity index (χ3v) is 6.26. The van der Waals surface area contributed by atoms with E-state index in [2.05, 4.69) is 41.5 Å². The van der Waals surface area contributed by atoms with Crippen molar-refractivity contribution in [1.29, 1.82) is 0 Å². The zero-order valence-electron chi connectivity index (χ0n) is 17.6. The Balaban J connectivity index is 2.55. The third kappa shape index (κ3) is 5.56. The fraction of sp³-hybridized carbons (Fsp3) is 0.619. The van der Waals surface area contributed by atoms with Crippen LogP contribution in [0, 0.1) is 10.8 Å². The lowest BCUT2D eigenvalue weighted by atomic mass is 9.83. The van der Waals surface area contributed by atoms with Crippen LogP contribution in [-0.2, 0) is 27.7 Å². The first-order valence-corrected chi connectivity index (χ1v) is 10.8. The molecule has 1 saturated heterocycles. The number of phenolic OH excluding ortho intramolecular Hbond substituents is 1. The minimum atomic E-state index is -3.57. The molecule has 152 valence electrons. The summed E-state index contributed by atoms with van der Waals surface area (Å²) in [6, 6.07) is 3.81. The zero-order valence-corrected chi connectivity index (χ0v) is 18.4. The van der Waals surface area contributed by atoms with Crippen molar-refractivity contribution in [2.24, 2.45) is 10.8 Å². The first kappa shape index (κ1) is 21.9. The van der Waals surface area contributed by atoms with Gasteiger partial charge in [-0.2, -0.15) is 0 Å². The Morgan fingerprint density at radius 2 is 1.56 bits per heavy atom. The van der Waals surface area contributed by atoms with Gasteiger partial charge in [-0.15, -0.1) is 0 Å². The fourth-order valence-electron chi connectivity index (χ4n) is 3.39. The number of rotatable bonds is 4. The first-order valence-electron chi connectivity index (χ1n) is 9.35. The van der Waals surface area contributed by atoms with Crippen LogP contribution in [0.25, 0.3) is 6.08 Å². The number of hydrogen-bond donors (Lipinski definition) is 1. The van der Waals surface area contributed by atoms with Gasteiger partial charge in [0.15, 0.2) is 0 Å². The van der Waals surface area contributed by atoms with E-state index in [-0.39, 0.29) is 10.8 Å². The molecular formula is C21H33NO4S. The number of phenols is 1. The van der Waals surface area contributed by atoms with Crippen molar-refractivity contribution < 1.29 is 18.4 Å². The lowest BCUT2D eigenvalue weighted by Gasteiger charge is -2.23. The Labute approximate surface area is 164 Å². The maximum atomic E-state index is 12.5. The molecule has 1 fully saturated rings. The van der Waals surface area contributed by atoms with Gasteiger partial charge in [-0.25, -0.2) is 8.42 Å². The largest absolute Gasteiger partial charge is 0.507 e. The van der Waals surface area contributed by atoms with Crippen LogP contribution in [-0.4, -0.2) is 31.6 Å². The normalized spacial score (nSPS) is 19.7. The number of sulfonamides is 1. The Bertz CT molecular complexity index is 790. The molecule has 1 aromatic rings. The summed E-state index contributed by atoms with van der Waals surface area (Å²) in [7, 11) is -2.21. The predicted octanol–water partition coefficient (Wildman–Crippen LogP) is 4.51. The molecule has 0 spiro atoms. The van der Waals surface area contributed by atoms with E-state index in [4.69, 9.17) is 4.84 Å². The van der Waals surface area contributed by atoms with Crippen LogP contribution in [0.15, 0.2) is 17.0 Å². The highest BCUT2D eigenvalue weighted by Gasteiger charge is 2.34. The molecule has 1 heterocycles. The summed E-state index contributed by atoms with van der Waals surface area (Å²) in [5, 5.41) is 10.8. The van der Waals surface area contributed by atoms with Crippen LogP contribution in [0.2, 0.25) is 0 Å². The highest BCUT2D eigenvalue weighted by atomic mass is 32.2. The van der Waals surface area contributed by atoms with Gasteiger partial charge in [0.1, 0.15) is 5.75 Å². The van der Waals surface area contributed by atoms with Gasteiger partial charge in [0.25, 0.3) is 10.0 Å². The molecule has 0 aliphatic carbocycles. The summed E-state index contributed by atoms with van der Waals surface area (Å²) >= 11 is 0. The van der Waals surface area contributed by atoms with Crippen molar-refractivity contribution in [3.05, 3.63) is 33.7 Å². The van der Waals surface area contributed by atoms with E-state index < -0.39 is 10.0 Å². The summed E-state index contributed by atoms with van der Waals surface area (Å²) in [6.45, 7) is 13.1. The van der Waals surface area contributed by atoms with Gasteiger partial charge in [-0.3, -0.25) is 4.84 Å². The number of aromatic hydroxyl groups is 1. The van der Waals surface area contributed by atoms with Crippen LogP contribution >= 0.6 is 0 Å². The molecule has 1 aliphatic rings. The van der Waals surface area contributed by atoms with Gasteiger partial charge in [0.05, 0.1) is 12.0 Å². The minimum absolute atomic E-state index is 0.00847. The minimum Gasteiger partial charge on any atom is -0.507 e. The molecule has 0 saturated carbocycles. The predicted molar refractivity (Wildman–Crippen MR) is 110 cm³/mol. The van der Waals surface area contributed by atoms with E-state index in [0.29, 0.717) is 36.5 Å². The SMILES string of the molecule is CON1CC/C(=C/c2cc(CC(C)(C)C)c(O)c(CC(C)(C)C)c2)S1(=O)=O. The van der Waals surface area contributed by atoms with Crippen molar-refractivity contribution in [1.82, 2.24) is 4.47 Å². The van der Waals surface area contributed by atoms with E-state index >= 15 is 0 Å².